The molecule has 1 aromatic heterocycles. The number of methoxy groups -OCH3 is 1. The van der Waals surface area contributed by atoms with Gasteiger partial charge in [0, 0.05) is 17.6 Å². The van der Waals surface area contributed by atoms with E-state index < -0.39 is 5.97 Å². The predicted molar refractivity (Wildman–Crippen MR) is 137 cm³/mol. The minimum absolute atomic E-state index is 0.0591. The Morgan fingerprint density at radius 2 is 1.78 bits per heavy atom. The minimum Gasteiger partial charge on any atom is -0.481 e. The fraction of sp³-hybridized carbons (Fsp3) is 0.679. The van der Waals surface area contributed by atoms with Crippen molar-refractivity contribution in [1.82, 2.24) is 9.55 Å². The number of fused-ring (bicyclic) bond motifs is 3. The Morgan fingerprint density at radius 3 is 2.44 bits per heavy atom. The number of hydrogen-bond donors (Lipinski definition) is 1. The van der Waals surface area contributed by atoms with Gasteiger partial charge in [-0.05, 0) is 77.3 Å². The molecule has 2 fully saturated rings. The molecule has 1 amide bonds. The SMILES string of the molecule is COC(=O)N1c2ccc3c(nc([C@@H](C)OC4CCCCC4)n3C3CCC(C(=O)O)CC3)c2CC[C@@H]1C. The van der Waals surface area contributed by atoms with Crippen molar-refractivity contribution in [2.75, 3.05) is 12.0 Å². The number of carbonyl (C=O) groups excluding carboxylic acids is 1. The molecule has 8 nitrogen and oxygen atoms in total. The van der Waals surface area contributed by atoms with Crippen molar-refractivity contribution in [3.63, 3.8) is 0 Å². The van der Waals surface area contributed by atoms with E-state index in [-0.39, 0.29) is 36.3 Å². The lowest BCUT2D eigenvalue weighted by Gasteiger charge is -2.34. The molecule has 2 aromatic rings. The summed E-state index contributed by atoms with van der Waals surface area (Å²) in [5, 5.41) is 9.51. The van der Waals surface area contributed by atoms with Crippen molar-refractivity contribution in [1.29, 1.82) is 0 Å². The number of ether oxygens (including phenoxy) is 2. The molecule has 0 radical (unpaired) electrons. The van der Waals surface area contributed by atoms with E-state index in [2.05, 4.69) is 24.5 Å². The second kappa shape index (κ2) is 10.4. The fourth-order valence-corrected chi connectivity index (χ4v) is 6.60. The van der Waals surface area contributed by atoms with Crippen LogP contribution in [0.3, 0.4) is 0 Å². The van der Waals surface area contributed by atoms with Gasteiger partial charge in [-0.2, -0.15) is 0 Å². The molecule has 0 unspecified atom stereocenters. The number of nitrogens with zero attached hydrogens (tertiary/aromatic N) is 3. The highest BCUT2D eigenvalue weighted by atomic mass is 16.5. The Bertz CT molecular complexity index is 1110. The van der Waals surface area contributed by atoms with Crippen molar-refractivity contribution in [2.24, 2.45) is 5.92 Å². The molecule has 1 N–H and O–H groups in total. The van der Waals surface area contributed by atoms with Crippen molar-refractivity contribution < 1.29 is 24.2 Å². The summed E-state index contributed by atoms with van der Waals surface area (Å²) in [4.78, 5) is 31.1. The van der Waals surface area contributed by atoms with Gasteiger partial charge in [-0.1, -0.05) is 19.3 Å². The zero-order valence-corrected chi connectivity index (χ0v) is 21.7. The van der Waals surface area contributed by atoms with Crippen LogP contribution in [0.4, 0.5) is 10.5 Å². The summed E-state index contributed by atoms with van der Waals surface area (Å²) in [6.45, 7) is 4.15. The Hall–Kier alpha value is -2.61. The summed E-state index contributed by atoms with van der Waals surface area (Å²) in [6, 6.07) is 4.36. The van der Waals surface area contributed by atoms with Crippen LogP contribution < -0.4 is 4.90 Å². The first-order valence-electron chi connectivity index (χ1n) is 13.7. The van der Waals surface area contributed by atoms with Gasteiger partial charge in [0.1, 0.15) is 11.9 Å². The first kappa shape index (κ1) is 25.1. The zero-order chi connectivity index (χ0) is 25.4. The van der Waals surface area contributed by atoms with Gasteiger partial charge in [-0.25, -0.2) is 9.78 Å². The first-order valence-corrected chi connectivity index (χ1v) is 13.7. The van der Waals surface area contributed by atoms with Crippen molar-refractivity contribution in [3.05, 3.63) is 23.5 Å². The number of carbonyl (C=O) groups is 2. The van der Waals surface area contributed by atoms with E-state index in [4.69, 9.17) is 14.5 Å². The standard InChI is InChI=1S/C28H39N3O5/c1-17-9-14-22-23(30(17)28(34)35-3)15-16-24-25(22)29-26(18(2)36-21-7-5-4-6-8-21)31(24)20-12-10-19(11-13-20)27(32)33/h15-21H,4-14H2,1-3H3,(H,32,33)/t17-,18+,19?,20?/m0/s1. The van der Waals surface area contributed by atoms with Crippen LogP contribution in [0.5, 0.6) is 0 Å². The quantitative estimate of drug-likeness (QED) is 0.531. The van der Waals surface area contributed by atoms with Gasteiger partial charge < -0.3 is 19.1 Å². The maximum Gasteiger partial charge on any atom is 0.414 e. The average molecular weight is 498 g/mol. The van der Waals surface area contributed by atoms with Crippen LogP contribution in [0, 0.1) is 5.92 Å². The van der Waals surface area contributed by atoms with Crippen LogP contribution in [0.15, 0.2) is 12.1 Å². The summed E-state index contributed by atoms with van der Waals surface area (Å²) in [6.07, 6.45) is 10.3. The van der Waals surface area contributed by atoms with E-state index in [0.717, 1.165) is 66.6 Å². The molecule has 2 heterocycles. The molecule has 8 heteroatoms. The molecular weight excluding hydrogens is 458 g/mol. The topological polar surface area (TPSA) is 93.9 Å². The predicted octanol–water partition coefficient (Wildman–Crippen LogP) is 6.17. The van der Waals surface area contributed by atoms with E-state index >= 15 is 0 Å². The summed E-state index contributed by atoms with van der Waals surface area (Å²) >= 11 is 0. The van der Waals surface area contributed by atoms with Crippen LogP contribution in [0.2, 0.25) is 0 Å². The van der Waals surface area contributed by atoms with Gasteiger partial charge in [0.25, 0.3) is 0 Å². The van der Waals surface area contributed by atoms with Gasteiger partial charge in [0.05, 0.1) is 35.9 Å². The lowest BCUT2D eigenvalue weighted by molar-refractivity contribution is -0.143. The summed E-state index contributed by atoms with van der Waals surface area (Å²) in [7, 11) is 1.42. The Labute approximate surface area is 213 Å². The van der Waals surface area contributed by atoms with Crippen LogP contribution in [0.1, 0.15) is 102 Å². The normalized spacial score (nSPS) is 26.0. The third-order valence-electron chi connectivity index (χ3n) is 8.58. The molecule has 0 spiro atoms. The second-order valence-electron chi connectivity index (χ2n) is 10.9. The molecule has 0 bridgehead atoms. The molecule has 1 aliphatic heterocycles. The highest BCUT2D eigenvalue weighted by molar-refractivity contribution is 5.95. The maximum absolute atomic E-state index is 12.6. The number of aliphatic carboxylic acids is 1. The van der Waals surface area contributed by atoms with E-state index in [9.17, 15) is 14.7 Å². The van der Waals surface area contributed by atoms with Crippen LogP contribution in [-0.2, 0) is 20.7 Å². The fourth-order valence-electron chi connectivity index (χ4n) is 6.60. The number of aromatic nitrogens is 2. The van der Waals surface area contributed by atoms with Crippen LogP contribution in [0.25, 0.3) is 11.0 Å². The Balaban J connectivity index is 1.56. The Morgan fingerprint density at radius 1 is 1.06 bits per heavy atom. The number of imidazole rings is 1. The number of rotatable bonds is 5. The van der Waals surface area contributed by atoms with Crippen molar-refractivity contribution >= 4 is 28.8 Å². The highest BCUT2D eigenvalue weighted by Crippen LogP contribution is 2.42. The third kappa shape index (κ3) is 4.60. The van der Waals surface area contributed by atoms with E-state index in [1.54, 1.807) is 4.90 Å². The van der Waals surface area contributed by atoms with Crippen LogP contribution in [-0.4, -0.2) is 46.0 Å². The lowest BCUT2D eigenvalue weighted by atomic mass is 9.85. The van der Waals surface area contributed by atoms with Gasteiger partial charge >= 0.3 is 12.1 Å². The van der Waals surface area contributed by atoms with Crippen LogP contribution >= 0.6 is 0 Å². The number of amides is 1. The van der Waals surface area contributed by atoms with E-state index in [0.29, 0.717) is 12.8 Å². The minimum atomic E-state index is -0.691. The largest absolute Gasteiger partial charge is 0.481 e. The molecular formula is C28H39N3O5. The molecule has 3 aliphatic rings. The second-order valence-corrected chi connectivity index (χ2v) is 10.9. The number of carboxylic acid groups (broad SMARTS) is 1. The molecule has 1 aromatic carbocycles. The number of hydrogen-bond acceptors (Lipinski definition) is 5. The third-order valence-corrected chi connectivity index (χ3v) is 8.58. The zero-order valence-electron chi connectivity index (χ0n) is 21.7. The average Bonchev–Trinajstić information content (AvgIpc) is 3.29. The number of aryl methyl sites for hydroxylation is 1. The first-order chi connectivity index (χ1) is 17.4. The molecule has 5 rings (SSSR count). The van der Waals surface area contributed by atoms with E-state index in [1.165, 1.54) is 26.4 Å². The molecule has 36 heavy (non-hydrogen) atoms. The molecule has 2 aliphatic carbocycles. The smallest absolute Gasteiger partial charge is 0.414 e. The lowest BCUT2D eigenvalue weighted by Crippen LogP contribution is -2.42. The molecule has 2 saturated carbocycles. The Kier molecular flexibility index (Phi) is 7.24. The summed E-state index contributed by atoms with van der Waals surface area (Å²) in [5.41, 5.74) is 3.95. The van der Waals surface area contributed by atoms with E-state index in [1.807, 2.05) is 6.07 Å². The maximum atomic E-state index is 12.6. The molecule has 2 atom stereocenters. The van der Waals surface area contributed by atoms with Crippen molar-refractivity contribution in [3.8, 4) is 0 Å². The molecule has 0 saturated heterocycles. The monoisotopic (exact) mass is 497 g/mol. The van der Waals surface area contributed by atoms with Gasteiger partial charge in [-0.15, -0.1) is 0 Å². The highest BCUT2D eigenvalue weighted by Gasteiger charge is 2.35. The van der Waals surface area contributed by atoms with Gasteiger partial charge in [0.15, 0.2) is 0 Å². The summed E-state index contributed by atoms with van der Waals surface area (Å²) in [5.74, 6) is -0.0338. The van der Waals surface area contributed by atoms with Crippen molar-refractivity contribution in [2.45, 2.75) is 109 Å². The number of benzene rings is 1. The molecule has 196 valence electrons. The van der Waals surface area contributed by atoms with Gasteiger partial charge in [-0.3, -0.25) is 9.69 Å². The number of carboxylic acids is 1. The summed E-state index contributed by atoms with van der Waals surface area (Å²) < 4.78 is 14.0. The van der Waals surface area contributed by atoms with Gasteiger partial charge in [0.2, 0.25) is 0 Å². The number of anilines is 1.